The molecule has 0 radical (unpaired) electrons. The summed E-state index contributed by atoms with van der Waals surface area (Å²) in [5.74, 6) is -2.84. The summed E-state index contributed by atoms with van der Waals surface area (Å²) in [6.07, 6.45) is 0.563. The van der Waals surface area contributed by atoms with Gasteiger partial charge in [-0.1, -0.05) is 0 Å². The fourth-order valence-electron chi connectivity index (χ4n) is 2.32. The number of hydrogen-bond acceptors (Lipinski definition) is 2. The van der Waals surface area contributed by atoms with Crippen molar-refractivity contribution in [2.45, 2.75) is 25.2 Å². The predicted octanol–water partition coefficient (Wildman–Crippen LogP) is 0.710. The van der Waals surface area contributed by atoms with Gasteiger partial charge in [-0.25, -0.2) is 22.3 Å². The second kappa shape index (κ2) is 2.23. The molecule has 0 amide bonds. The molecule has 2 aliphatic carbocycles. The summed E-state index contributed by atoms with van der Waals surface area (Å²) in [6, 6.07) is 0. The number of nitrogens with two attached hydrogens (primary N) is 1. The molecule has 2 saturated carbocycles. The summed E-state index contributed by atoms with van der Waals surface area (Å²) in [5, 5.41) is 4.81. The van der Waals surface area contributed by atoms with Crippen LogP contribution >= 0.6 is 0 Å². The minimum atomic E-state index is -3.49. The van der Waals surface area contributed by atoms with E-state index < -0.39 is 21.4 Å². The normalized spacial score (nSPS) is 41.6. The standard InChI is InChI=1S/C7H11F2NO2S/c8-7(9)4-6(7)1-5(2-6)3-13(10,11)12/h5H,1-4H2,(H2,10,11,12). The summed E-state index contributed by atoms with van der Waals surface area (Å²) in [5.41, 5.74) is -0.845. The van der Waals surface area contributed by atoms with Gasteiger partial charge < -0.3 is 0 Å². The van der Waals surface area contributed by atoms with E-state index in [1.54, 1.807) is 0 Å². The van der Waals surface area contributed by atoms with Crippen LogP contribution in [0.15, 0.2) is 0 Å². The Balaban J connectivity index is 1.87. The number of halogens is 2. The summed E-state index contributed by atoms with van der Waals surface area (Å²) in [7, 11) is -3.49. The van der Waals surface area contributed by atoms with Crippen molar-refractivity contribution in [3.8, 4) is 0 Å². The van der Waals surface area contributed by atoms with Gasteiger partial charge >= 0.3 is 0 Å². The van der Waals surface area contributed by atoms with Crippen molar-refractivity contribution in [3.05, 3.63) is 0 Å². The van der Waals surface area contributed by atoms with Gasteiger partial charge in [0.15, 0.2) is 0 Å². The molecule has 6 heteroatoms. The number of sulfonamides is 1. The largest absolute Gasteiger partial charge is 0.254 e. The third-order valence-corrected chi connectivity index (χ3v) is 3.97. The lowest BCUT2D eigenvalue weighted by molar-refractivity contribution is 0.00745. The van der Waals surface area contributed by atoms with Gasteiger partial charge in [-0.2, -0.15) is 0 Å². The van der Waals surface area contributed by atoms with E-state index in [0.29, 0.717) is 12.8 Å². The van der Waals surface area contributed by atoms with Gasteiger partial charge in [-0.15, -0.1) is 0 Å². The highest BCUT2D eigenvalue weighted by molar-refractivity contribution is 7.89. The van der Waals surface area contributed by atoms with E-state index in [4.69, 9.17) is 5.14 Å². The van der Waals surface area contributed by atoms with Crippen LogP contribution in [-0.2, 0) is 10.0 Å². The Hall–Kier alpha value is -0.230. The number of primary sulfonamides is 1. The van der Waals surface area contributed by atoms with Crippen LogP contribution < -0.4 is 5.14 Å². The fraction of sp³-hybridized carbons (Fsp3) is 1.00. The summed E-state index contributed by atoms with van der Waals surface area (Å²) >= 11 is 0. The highest BCUT2D eigenvalue weighted by Gasteiger charge is 2.75. The molecule has 2 aliphatic rings. The average Bonchev–Trinajstić information content (AvgIpc) is 2.28. The number of alkyl halides is 2. The lowest BCUT2D eigenvalue weighted by Gasteiger charge is -2.35. The quantitative estimate of drug-likeness (QED) is 0.731. The molecule has 13 heavy (non-hydrogen) atoms. The van der Waals surface area contributed by atoms with Crippen LogP contribution in [0.1, 0.15) is 19.3 Å². The lowest BCUT2D eigenvalue weighted by Crippen LogP contribution is -2.36. The van der Waals surface area contributed by atoms with Crippen LogP contribution in [0.4, 0.5) is 8.78 Å². The Labute approximate surface area is 75.3 Å². The third kappa shape index (κ3) is 1.46. The van der Waals surface area contributed by atoms with E-state index in [9.17, 15) is 17.2 Å². The number of rotatable bonds is 2. The second-order valence-corrected chi connectivity index (χ2v) is 5.92. The van der Waals surface area contributed by atoms with Crippen LogP contribution in [0.25, 0.3) is 0 Å². The highest BCUT2D eigenvalue weighted by Crippen LogP contribution is 2.72. The van der Waals surface area contributed by atoms with Crippen molar-refractivity contribution in [2.75, 3.05) is 5.75 Å². The summed E-state index contributed by atoms with van der Waals surface area (Å²) in [4.78, 5) is 0. The Morgan fingerprint density at radius 3 is 2.15 bits per heavy atom. The van der Waals surface area contributed by atoms with Crippen molar-refractivity contribution < 1.29 is 17.2 Å². The molecule has 1 spiro atoms. The maximum atomic E-state index is 12.7. The third-order valence-electron chi connectivity index (χ3n) is 3.04. The van der Waals surface area contributed by atoms with Crippen molar-refractivity contribution >= 4 is 10.0 Å². The lowest BCUT2D eigenvalue weighted by atomic mass is 9.72. The maximum absolute atomic E-state index is 12.7. The summed E-state index contributed by atoms with van der Waals surface area (Å²) < 4.78 is 46.6. The molecule has 0 aromatic carbocycles. The van der Waals surface area contributed by atoms with Crippen LogP contribution in [0.3, 0.4) is 0 Å². The first kappa shape index (κ1) is 9.33. The SMILES string of the molecule is NS(=O)(=O)CC1CC2(C1)CC2(F)F. The van der Waals surface area contributed by atoms with Crippen LogP contribution in [0.5, 0.6) is 0 Å². The minimum Gasteiger partial charge on any atom is -0.229 e. The molecule has 2 rings (SSSR count). The molecule has 2 N–H and O–H groups in total. The van der Waals surface area contributed by atoms with Crippen molar-refractivity contribution in [3.63, 3.8) is 0 Å². The topological polar surface area (TPSA) is 60.2 Å². The second-order valence-electron chi connectivity index (χ2n) is 4.27. The molecule has 0 aromatic rings. The van der Waals surface area contributed by atoms with Crippen LogP contribution in [0.2, 0.25) is 0 Å². The van der Waals surface area contributed by atoms with Crippen LogP contribution in [0, 0.1) is 11.3 Å². The highest BCUT2D eigenvalue weighted by atomic mass is 32.2. The van der Waals surface area contributed by atoms with Crippen molar-refractivity contribution in [2.24, 2.45) is 16.5 Å². The van der Waals surface area contributed by atoms with Crippen molar-refractivity contribution in [1.29, 1.82) is 0 Å². The van der Waals surface area contributed by atoms with Gasteiger partial charge in [0.2, 0.25) is 10.0 Å². The molecule has 3 nitrogen and oxygen atoms in total. The van der Waals surface area contributed by atoms with E-state index in [1.165, 1.54) is 0 Å². The van der Waals surface area contributed by atoms with Gasteiger partial charge in [0.1, 0.15) is 0 Å². The molecule has 0 atom stereocenters. The van der Waals surface area contributed by atoms with Gasteiger partial charge in [0, 0.05) is 11.8 Å². The zero-order valence-corrected chi connectivity index (χ0v) is 7.78. The minimum absolute atomic E-state index is 0.0683. The Morgan fingerprint density at radius 2 is 1.85 bits per heavy atom. The first-order valence-corrected chi connectivity index (χ1v) is 5.84. The van der Waals surface area contributed by atoms with Gasteiger partial charge in [0.25, 0.3) is 5.92 Å². The van der Waals surface area contributed by atoms with E-state index >= 15 is 0 Å². The molecule has 0 bridgehead atoms. The van der Waals surface area contributed by atoms with Gasteiger partial charge in [-0.05, 0) is 18.8 Å². The molecular weight excluding hydrogens is 200 g/mol. The first-order valence-electron chi connectivity index (χ1n) is 4.12. The predicted molar refractivity (Wildman–Crippen MR) is 42.7 cm³/mol. The fourth-order valence-corrected chi connectivity index (χ4v) is 3.21. The molecule has 0 aliphatic heterocycles. The molecule has 76 valence electrons. The molecule has 0 unspecified atom stereocenters. The van der Waals surface area contributed by atoms with E-state index in [-0.39, 0.29) is 18.1 Å². The maximum Gasteiger partial charge on any atom is 0.254 e. The molecule has 0 aromatic heterocycles. The Morgan fingerprint density at radius 1 is 1.38 bits per heavy atom. The molecule has 0 saturated heterocycles. The van der Waals surface area contributed by atoms with Gasteiger partial charge in [-0.3, -0.25) is 0 Å². The Bertz CT molecular complexity index is 332. The molecule has 2 fully saturated rings. The average molecular weight is 211 g/mol. The van der Waals surface area contributed by atoms with E-state index in [1.807, 2.05) is 0 Å². The summed E-state index contributed by atoms with van der Waals surface area (Å²) in [6.45, 7) is 0. The van der Waals surface area contributed by atoms with Crippen molar-refractivity contribution in [1.82, 2.24) is 0 Å². The molecule has 0 heterocycles. The monoisotopic (exact) mass is 211 g/mol. The smallest absolute Gasteiger partial charge is 0.229 e. The first-order chi connectivity index (χ1) is 5.74. The zero-order chi connectivity index (χ0) is 9.91. The van der Waals surface area contributed by atoms with E-state index in [2.05, 4.69) is 0 Å². The Kier molecular flexibility index (Phi) is 1.60. The zero-order valence-electron chi connectivity index (χ0n) is 6.96. The number of hydrogen-bond donors (Lipinski definition) is 1. The van der Waals surface area contributed by atoms with Crippen LogP contribution in [-0.4, -0.2) is 20.1 Å². The molecular formula is C7H11F2NO2S. The van der Waals surface area contributed by atoms with E-state index in [0.717, 1.165) is 0 Å². The van der Waals surface area contributed by atoms with Gasteiger partial charge in [0.05, 0.1) is 5.75 Å².